The van der Waals surface area contributed by atoms with Crippen LogP contribution in [-0.4, -0.2) is 130 Å². The Kier molecular flexibility index (Phi) is 19.2. The fourth-order valence-corrected chi connectivity index (χ4v) is 7.88. The normalized spacial score (nSPS) is 26.0. The number of hydrogen-bond donors (Lipinski definition) is 1. The van der Waals surface area contributed by atoms with Crippen molar-refractivity contribution in [3.05, 3.63) is 108 Å². The summed E-state index contributed by atoms with van der Waals surface area (Å²) in [6.45, 7) is 10.7. The maximum absolute atomic E-state index is 13.8. The van der Waals surface area contributed by atoms with Gasteiger partial charge in [0.1, 0.15) is 37.1 Å². The Bertz CT molecular complexity index is 1980. The van der Waals surface area contributed by atoms with E-state index in [2.05, 4.69) is 19.6 Å². The van der Waals surface area contributed by atoms with Gasteiger partial charge in [0.25, 0.3) is 0 Å². The van der Waals surface area contributed by atoms with Gasteiger partial charge in [-0.1, -0.05) is 98.5 Å². The summed E-state index contributed by atoms with van der Waals surface area (Å²) in [4.78, 5) is 63.7. The highest BCUT2D eigenvalue weighted by Crippen LogP contribution is 2.36. The van der Waals surface area contributed by atoms with Gasteiger partial charge in [-0.25, -0.2) is 4.79 Å². The fourth-order valence-electron chi connectivity index (χ4n) is 7.15. The minimum absolute atomic E-state index is 0.0511. The molecule has 0 aromatic heterocycles. The van der Waals surface area contributed by atoms with Crippen molar-refractivity contribution in [1.82, 2.24) is 0 Å². The van der Waals surface area contributed by atoms with Crippen LogP contribution >= 0.6 is 0 Å². The topological polar surface area (TPSA) is 207 Å². The molecule has 2 saturated heterocycles. The molecular weight excluding hydrogens is 865 g/mol. The van der Waals surface area contributed by atoms with Crippen LogP contribution in [-0.2, 0) is 84.5 Å². The van der Waals surface area contributed by atoms with E-state index in [4.69, 9.17) is 52.1 Å². The fraction of sp³-hybridized carbons (Fsp3) is 0.511. The Hall–Kier alpha value is -5.05. The van der Waals surface area contributed by atoms with E-state index < -0.39 is 112 Å². The van der Waals surface area contributed by atoms with Gasteiger partial charge in [0, 0.05) is 42.4 Å². The molecule has 0 saturated carbocycles. The molecule has 0 bridgehead atoms. The molecular formula is C47H60O17Si. The van der Waals surface area contributed by atoms with Crippen LogP contribution in [0.25, 0.3) is 0 Å². The molecule has 3 aromatic carbocycles. The summed E-state index contributed by atoms with van der Waals surface area (Å²) in [5.74, 6) is -4.06. The van der Waals surface area contributed by atoms with Crippen LogP contribution < -0.4 is 0 Å². The molecule has 2 aliphatic rings. The van der Waals surface area contributed by atoms with Crippen LogP contribution in [0, 0.1) is 0 Å². The summed E-state index contributed by atoms with van der Waals surface area (Å²) in [5.41, 5.74) is 1.84. The second-order valence-corrected chi connectivity index (χ2v) is 22.5. The number of rotatable bonds is 21. The minimum Gasteiger partial charge on any atom is -0.463 e. The van der Waals surface area contributed by atoms with Crippen LogP contribution in [0.1, 0.15) is 49.2 Å². The van der Waals surface area contributed by atoms with Gasteiger partial charge in [0.05, 0.1) is 25.4 Å². The average molecular weight is 925 g/mol. The van der Waals surface area contributed by atoms with Gasteiger partial charge >= 0.3 is 29.8 Å². The maximum atomic E-state index is 13.8. The van der Waals surface area contributed by atoms with Crippen molar-refractivity contribution in [2.75, 3.05) is 19.8 Å². The third-order valence-corrected chi connectivity index (χ3v) is 12.0. The van der Waals surface area contributed by atoms with E-state index in [-0.39, 0.29) is 32.0 Å². The van der Waals surface area contributed by atoms with E-state index >= 15 is 0 Å². The van der Waals surface area contributed by atoms with E-state index in [0.717, 1.165) is 38.8 Å². The summed E-state index contributed by atoms with van der Waals surface area (Å²) < 4.78 is 67.1. The van der Waals surface area contributed by atoms with Crippen molar-refractivity contribution in [1.29, 1.82) is 0 Å². The molecule has 11 atom stereocenters. The summed E-state index contributed by atoms with van der Waals surface area (Å²) in [6, 6.07) is 27.5. The van der Waals surface area contributed by atoms with Crippen LogP contribution in [0.3, 0.4) is 0 Å². The van der Waals surface area contributed by atoms with E-state index in [9.17, 15) is 29.1 Å². The second-order valence-electron chi connectivity index (χ2n) is 16.9. The number of carbonyl (C=O) groups is 5. The Morgan fingerprint density at radius 3 is 1.75 bits per heavy atom. The van der Waals surface area contributed by atoms with E-state index in [1.165, 1.54) is 0 Å². The summed E-state index contributed by atoms with van der Waals surface area (Å²) in [6.07, 6.45) is -16.6. The molecule has 65 heavy (non-hydrogen) atoms. The number of carbonyl (C=O) groups excluding carboxylic acids is 5. The van der Waals surface area contributed by atoms with E-state index in [0.29, 0.717) is 6.04 Å². The first-order chi connectivity index (χ1) is 31.0. The van der Waals surface area contributed by atoms with Gasteiger partial charge in [-0.2, -0.15) is 0 Å². The predicted octanol–water partition coefficient (Wildman–Crippen LogP) is 4.92. The molecule has 3 aromatic rings. The van der Waals surface area contributed by atoms with Crippen molar-refractivity contribution in [2.24, 2.45) is 0 Å². The highest BCUT2D eigenvalue weighted by atomic mass is 28.3. The van der Waals surface area contributed by atoms with Gasteiger partial charge in [-0.3, -0.25) is 19.2 Å². The molecule has 2 heterocycles. The number of ether oxygens (including phenoxy) is 11. The molecule has 17 nitrogen and oxygen atoms in total. The molecule has 2 fully saturated rings. The largest absolute Gasteiger partial charge is 0.463 e. The van der Waals surface area contributed by atoms with Crippen LogP contribution in [0.2, 0.25) is 25.7 Å². The standard InChI is InChI=1S/C47H60O17Si/c1-29(48)56-28-37-40(58-30(2)49)43(59-31(3)50)44(60-32(4)51)47(61-37)64-41-38(52)42(62-45(53)35-21-15-10-16-22-35)46(55-23-24-65(5,6)7)63-39(41)36(57-26-34-19-13-9-14-20-34)27-54-25-33-17-11-8-12-18-33/h8-22,36-44,46-47,52H,23-28H2,1-7H3/t36-,37+,38-,39+,40+,41-,42-,43-,44+,46-,47-/m0/s1. The number of esters is 5. The lowest BCUT2D eigenvalue weighted by atomic mass is 9.93. The molecule has 0 spiro atoms. The van der Waals surface area contributed by atoms with Crippen LogP contribution in [0.15, 0.2) is 91.0 Å². The van der Waals surface area contributed by atoms with Crippen molar-refractivity contribution >= 4 is 37.9 Å². The van der Waals surface area contributed by atoms with Crippen molar-refractivity contribution < 1.29 is 81.2 Å². The molecule has 0 amide bonds. The molecule has 0 radical (unpaired) electrons. The van der Waals surface area contributed by atoms with Gasteiger partial charge in [0.2, 0.25) is 0 Å². The third kappa shape index (κ3) is 15.8. The number of benzene rings is 3. The Balaban J connectivity index is 1.62. The molecule has 0 unspecified atom stereocenters. The molecule has 0 aliphatic carbocycles. The first kappa shape index (κ1) is 50.9. The zero-order chi connectivity index (χ0) is 47.1. The summed E-state index contributed by atoms with van der Waals surface area (Å²) in [7, 11) is -1.70. The van der Waals surface area contributed by atoms with Crippen molar-refractivity contribution in [3.63, 3.8) is 0 Å². The predicted molar refractivity (Wildman–Crippen MR) is 232 cm³/mol. The lowest BCUT2D eigenvalue weighted by Gasteiger charge is -2.49. The number of aliphatic hydroxyl groups is 1. The van der Waals surface area contributed by atoms with Crippen LogP contribution in [0.4, 0.5) is 0 Å². The second kappa shape index (κ2) is 24.5. The Morgan fingerprint density at radius 2 is 1.18 bits per heavy atom. The SMILES string of the molecule is CC(=O)OC[C@H]1O[C@@H](O[C@H]2[C@H](O)[C@H](OC(=O)c3ccccc3)[C@@H](OCC[Si](C)(C)C)O[C@@H]2[C@H](COCc2ccccc2)OCc2ccccc2)[C@H](OC(C)=O)[C@@H](OC(C)=O)[C@@H]1OC(C)=O. The number of aliphatic hydroxyl groups excluding tert-OH is 1. The molecule has 2 aliphatic heterocycles. The average Bonchev–Trinajstić information content (AvgIpc) is 3.25. The van der Waals surface area contributed by atoms with Gasteiger partial charge in [0.15, 0.2) is 37.0 Å². The summed E-state index contributed by atoms with van der Waals surface area (Å²) in [5, 5.41) is 12.6. The Morgan fingerprint density at radius 1 is 0.631 bits per heavy atom. The highest BCUT2D eigenvalue weighted by Gasteiger charge is 2.57. The lowest BCUT2D eigenvalue weighted by Crippen LogP contribution is -2.68. The van der Waals surface area contributed by atoms with E-state index in [1.807, 2.05) is 60.7 Å². The van der Waals surface area contributed by atoms with Crippen LogP contribution in [0.5, 0.6) is 0 Å². The summed E-state index contributed by atoms with van der Waals surface area (Å²) >= 11 is 0. The first-order valence-corrected chi connectivity index (χ1v) is 25.1. The lowest BCUT2D eigenvalue weighted by molar-refractivity contribution is -0.366. The van der Waals surface area contributed by atoms with Crippen molar-refractivity contribution in [3.8, 4) is 0 Å². The first-order valence-electron chi connectivity index (χ1n) is 21.4. The molecule has 354 valence electrons. The van der Waals surface area contributed by atoms with Gasteiger partial charge in [-0.15, -0.1) is 0 Å². The zero-order valence-electron chi connectivity index (χ0n) is 37.7. The van der Waals surface area contributed by atoms with Gasteiger partial charge in [-0.05, 0) is 29.3 Å². The zero-order valence-corrected chi connectivity index (χ0v) is 38.7. The molecule has 5 rings (SSSR count). The van der Waals surface area contributed by atoms with E-state index in [1.54, 1.807) is 30.3 Å². The Labute approximate surface area is 379 Å². The number of hydrogen-bond acceptors (Lipinski definition) is 17. The maximum Gasteiger partial charge on any atom is 0.338 e. The minimum atomic E-state index is -1.79. The molecule has 1 N–H and O–H groups in total. The highest BCUT2D eigenvalue weighted by molar-refractivity contribution is 6.76. The van der Waals surface area contributed by atoms with Gasteiger partial charge < -0.3 is 57.2 Å². The van der Waals surface area contributed by atoms with Crippen molar-refractivity contribution in [2.45, 2.75) is 134 Å². The smallest absolute Gasteiger partial charge is 0.338 e. The molecule has 18 heteroatoms. The quantitative estimate of drug-likeness (QED) is 0.0854. The third-order valence-electron chi connectivity index (χ3n) is 10.2. The monoisotopic (exact) mass is 924 g/mol.